The maximum Gasteiger partial charge on any atom is 0.252 e. The second kappa shape index (κ2) is 6.53. The van der Waals surface area contributed by atoms with Crippen LogP contribution in [0.15, 0.2) is 39.9 Å². The number of phenolic OH excluding ortho intramolecular Hbond substituents is 1. The highest BCUT2D eigenvalue weighted by atomic mass is 32.2. The molecule has 0 saturated carbocycles. The lowest BCUT2D eigenvalue weighted by atomic mass is 9.79. The van der Waals surface area contributed by atoms with E-state index in [1.807, 2.05) is 12.1 Å². The smallest absolute Gasteiger partial charge is 0.252 e. The van der Waals surface area contributed by atoms with Gasteiger partial charge in [0.1, 0.15) is 9.96 Å². The molecule has 2 aromatic rings. The van der Waals surface area contributed by atoms with Gasteiger partial charge in [0.15, 0.2) is 0 Å². The van der Waals surface area contributed by atoms with E-state index in [-0.39, 0.29) is 11.2 Å². The quantitative estimate of drug-likeness (QED) is 0.861. The maximum atomic E-state index is 12.7. The summed E-state index contributed by atoms with van der Waals surface area (Å²) in [5, 5.41) is 11.7. The van der Waals surface area contributed by atoms with Gasteiger partial charge in [-0.25, -0.2) is 8.42 Å². The van der Waals surface area contributed by atoms with E-state index in [0.717, 1.165) is 11.3 Å². The number of phenols is 1. The fraction of sp³-hybridized carbons (Fsp3) is 0.444. The van der Waals surface area contributed by atoms with Crippen molar-refractivity contribution in [2.24, 2.45) is 0 Å². The molecular formula is C18H22N2O4S2. The summed E-state index contributed by atoms with van der Waals surface area (Å²) in [7, 11) is -3.40. The zero-order valence-electron chi connectivity index (χ0n) is 14.6. The lowest BCUT2D eigenvalue weighted by Gasteiger charge is -2.43. The Hall–Kier alpha value is -1.61. The maximum absolute atomic E-state index is 12.7. The summed E-state index contributed by atoms with van der Waals surface area (Å²) >= 11 is 1.25. The number of hydrogen-bond donors (Lipinski definition) is 1. The number of thiophene rings is 1. The standard InChI is InChI=1S/C18H22N2O4S2/c1-18(12-24-13-18)15-11-14(21)4-5-16(15)19-6-8-20(9-7-19)26(22,23)17-3-2-10-25-17/h2-5,10-11,21H,6-9,12-13H2,1H3. The van der Waals surface area contributed by atoms with E-state index in [4.69, 9.17) is 4.74 Å². The Morgan fingerprint density at radius 2 is 1.88 bits per heavy atom. The molecule has 1 aromatic carbocycles. The minimum atomic E-state index is -3.40. The third-order valence-electron chi connectivity index (χ3n) is 5.14. The predicted octanol–water partition coefficient (Wildman–Crippen LogP) is 2.25. The van der Waals surface area contributed by atoms with Gasteiger partial charge in [0, 0.05) is 37.3 Å². The molecule has 2 aliphatic rings. The first-order valence-corrected chi connectivity index (χ1v) is 10.9. The van der Waals surface area contributed by atoms with Gasteiger partial charge in [-0.1, -0.05) is 13.0 Å². The molecule has 0 atom stereocenters. The third-order valence-corrected chi connectivity index (χ3v) is 8.41. The second-order valence-corrected chi connectivity index (χ2v) is 10.2. The van der Waals surface area contributed by atoms with E-state index in [1.54, 1.807) is 27.9 Å². The summed E-state index contributed by atoms with van der Waals surface area (Å²) in [6.45, 7) is 5.55. The summed E-state index contributed by atoms with van der Waals surface area (Å²) in [5.74, 6) is 0.246. The average Bonchev–Trinajstić information content (AvgIpc) is 3.15. The molecule has 0 spiro atoms. The average molecular weight is 395 g/mol. The van der Waals surface area contributed by atoms with Gasteiger partial charge in [0.25, 0.3) is 10.0 Å². The van der Waals surface area contributed by atoms with Crippen LogP contribution in [0.4, 0.5) is 5.69 Å². The molecule has 2 aliphatic heterocycles. The molecule has 1 aromatic heterocycles. The van der Waals surface area contributed by atoms with E-state index in [9.17, 15) is 13.5 Å². The minimum absolute atomic E-state index is 0.103. The van der Waals surface area contributed by atoms with E-state index in [1.165, 1.54) is 11.3 Å². The monoisotopic (exact) mass is 394 g/mol. The molecule has 4 rings (SSSR count). The molecule has 6 nitrogen and oxygen atoms in total. The van der Waals surface area contributed by atoms with Crippen LogP contribution < -0.4 is 4.90 Å². The number of ether oxygens (including phenoxy) is 1. The van der Waals surface area contributed by atoms with Gasteiger partial charge in [-0.05, 0) is 35.2 Å². The number of anilines is 1. The number of aromatic hydroxyl groups is 1. The third kappa shape index (κ3) is 3.00. The molecule has 0 aliphatic carbocycles. The summed E-state index contributed by atoms with van der Waals surface area (Å²) < 4.78 is 32.7. The van der Waals surface area contributed by atoms with Crippen molar-refractivity contribution in [2.75, 3.05) is 44.3 Å². The largest absolute Gasteiger partial charge is 0.508 e. The van der Waals surface area contributed by atoms with Crippen LogP contribution >= 0.6 is 11.3 Å². The van der Waals surface area contributed by atoms with Gasteiger partial charge < -0.3 is 14.7 Å². The summed E-state index contributed by atoms with van der Waals surface area (Å²) in [6.07, 6.45) is 0. The molecule has 0 bridgehead atoms. The van der Waals surface area contributed by atoms with Crippen LogP contribution in [0.1, 0.15) is 12.5 Å². The number of benzene rings is 1. The Morgan fingerprint density at radius 3 is 2.46 bits per heavy atom. The number of piperazine rings is 1. The molecule has 2 saturated heterocycles. The van der Waals surface area contributed by atoms with Crippen molar-refractivity contribution in [3.05, 3.63) is 41.3 Å². The first kappa shape index (κ1) is 17.8. The van der Waals surface area contributed by atoms with Gasteiger partial charge in [0.05, 0.1) is 13.2 Å². The zero-order valence-corrected chi connectivity index (χ0v) is 16.2. The van der Waals surface area contributed by atoms with Crippen LogP contribution in [0.5, 0.6) is 5.75 Å². The van der Waals surface area contributed by atoms with Crippen molar-refractivity contribution >= 4 is 27.0 Å². The highest BCUT2D eigenvalue weighted by Gasteiger charge is 2.39. The Morgan fingerprint density at radius 1 is 1.15 bits per heavy atom. The van der Waals surface area contributed by atoms with Crippen molar-refractivity contribution in [3.63, 3.8) is 0 Å². The van der Waals surface area contributed by atoms with Crippen LogP contribution in [-0.4, -0.2) is 57.2 Å². The molecule has 140 valence electrons. The van der Waals surface area contributed by atoms with Crippen molar-refractivity contribution in [1.29, 1.82) is 0 Å². The lowest BCUT2D eigenvalue weighted by Crippen LogP contribution is -2.50. The van der Waals surface area contributed by atoms with Crippen molar-refractivity contribution in [3.8, 4) is 5.75 Å². The normalized spacial score (nSPS) is 20.7. The van der Waals surface area contributed by atoms with Crippen LogP contribution in [0.3, 0.4) is 0 Å². The topological polar surface area (TPSA) is 70.1 Å². The van der Waals surface area contributed by atoms with Crippen molar-refractivity contribution < 1.29 is 18.3 Å². The molecule has 0 radical (unpaired) electrons. The Bertz CT molecular complexity index is 884. The summed E-state index contributed by atoms with van der Waals surface area (Å²) in [5.41, 5.74) is 2.02. The number of hydrogen-bond acceptors (Lipinski definition) is 6. The number of nitrogens with zero attached hydrogens (tertiary/aromatic N) is 2. The molecule has 8 heteroatoms. The van der Waals surface area contributed by atoms with E-state index >= 15 is 0 Å². The fourth-order valence-electron chi connectivity index (χ4n) is 3.55. The predicted molar refractivity (Wildman–Crippen MR) is 102 cm³/mol. The van der Waals surface area contributed by atoms with Gasteiger partial charge in [-0.2, -0.15) is 4.31 Å². The summed E-state index contributed by atoms with van der Waals surface area (Å²) in [6, 6.07) is 8.85. The van der Waals surface area contributed by atoms with E-state index < -0.39 is 10.0 Å². The molecular weight excluding hydrogens is 372 g/mol. The first-order chi connectivity index (χ1) is 12.4. The summed E-state index contributed by atoms with van der Waals surface area (Å²) in [4.78, 5) is 2.21. The first-order valence-electron chi connectivity index (χ1n) is 8.60. The molecule has 3 heterocycles. The molecule has 0 unspecified atom stereocenters. The van der Waals surface area contributed by atoms with Gasteiger partial charge >= 0.3 is 0 Å². The van der Waals surface area contributed by atoms with E-state index in [0.29, 0.717) is 43.6 Å². The zero-order chi connectivity index (χ0) is 18.4. The van der Waals surface area contributed by atoms with Gasteiger partial charge in [0.2, 0.25) is 0 Å². The fourth-order valence-corrected chi connectivity index (χ4v) is 6.12. The number of rotatable bonds is 4. The van der Waals surface area contributed by atoms with Crippen LogP contribution in [-0.2, 0) is 20.2 Å². The highest BCUT2D eigenvalue weighted by molar-refractivity contribution is 7.91. The Balaban J connectivity index is 1.54. The van der Waals surface area contributed by atoms with E-state index in [2.05, 4.69) is 11.8 Å². The molecule has 26 heavy (non-hydrogen) atoms. The molecule has 2 fully saturated rings. The van der Waals surface area contributed by atoms with Gasteiger partial charge in [-0.3, -0.25) is 0 Å². The number of sulfonamides is 1. The minimum Gasteiger partial charge on any atom is -0.508 e. The van der Waals surface area contributed by atoms with Crippen LogP contribution in [0.2, 0.25) is 0 Å². The van der Waals surface area contributed by atoms with Gasteiger partial charge in [-0.15, -0.1) is 11.3 Å². The molecule has 0 amide bonds. The van der Waals surface area contributed by atoms with Crippen molar-refractivity contribution in [2.45, 2.75) is 16.5 Å². The van der Waals surface area contributed by atoms with Crippen molar-refractivity contribution in [1.82, 2.24) is 4.31 Å². The molecule has 1 N–H and O–H groups in total. The Labute approximate surface area is 157 Å². The lowest BCUT2D eigenvalue weighted by molar-refractivity contribution is -0.0498. The van der Waals surface area contributed by atoms with Crippen LogP contribution in [0, 0.1) is 0 Å². The highest BCUT2D eigenvalue weighted by Crippen LogP contribution is 2.40. The second-order valence-electron chi connectivity index (χ2n) is 7.08. The SMILES string of the molecule is CC1(c2cc(O)ccc2N2CCN(S(=O)(=O)c3cccs3)CC2)COC1. The van der Waals surface area contributed by atoms with Crippen LogP contribution in [0.25, 0.3) is 0 Å². The Kier molecular flexibility index (Phi) is 4.46.